The number of hydrogen-bond acceptors (Lipinski definition) is 9. The lowest BCUT2D eigenvalue weighted by atomic mass is 10.0. The van der Waals surface area contributed by atoms with Gasteiger partial charge in [0, 0.05) is 63.5 Å². The fraction of sp³-hybridized carbons (Fsp3) is 0.433. The molecule has 4 N–H and O–H groups in total. The van der Waals surface area contributed by atoms with E-state index in [0.717, 1.165) is 67.1 Å². The summed E-state index contributed by atoms with van der Waals surface area (Å²) in [6.07, 6.45) is -1.51. The second-order valence-corrected chi connectivity index (χ2v) is 12.3. The van der Waals surface area contributed by atoms with Gasteiger partial charge in [0.1, 0.15) is 12.2 Å². The molecule has 2 saturated heterocycles. The van der Waals surface area contributed by atoms with Gasteiger partial charge in [0.25, 0.3) is 10.0 Å². The predicted molar refractivity (Wildman–Crippen MR) is 161 cm³/mol. The van der Waals surface area contributed by atoms with Crippen molar-refractivity contribution in [2.45, 2.75) is 24.7 Å². The van der Waals surface area contributed by atoms with Crippen LogP contribution in [0.4, 0.5) is 5.69 Å². The van der Waals surface area contributed by atoms with Crippen LogP contribution >= 0.6 is 0 Å². The number of allylic oxidation sites excluding steroid dienone is 1. The van der Waals surface area contributed by atoms with Crippen molar-refractivity contribution in [3.05, 3.63) is 59.1 Å². The predicted octanol–water partition coefficient (Wildman–Crippen LogP) is 1.88. The molecule has 0 spiro atoms. The van der Waals surface area contributed by atoms with Crippen LogP contribution in [-0.4, -0.2) is 99.0 Å². The van der Waals surface area contributed by atoms with Crippen molar-refractivity contribution in [2.24, 2.45) is 7.05 Å². The summed E-state index contributed by atoms with van der Waals surface area (Å²) in [6.45, 7) is 5.30. The van der Waals surface area contributed by atoms with Crippen molar-refractivity contribution in [2.75, 3.05) is 57.9 Å². The Morgan fingerprint density at radius 2 is 1.86 bits per heavy atom. The molecule has 0 unspecified atom stereocenters. The zero-order chi connectivity index (χ0) is 29.7. The van der Waals surface area contributed by atoms with E-state index in [-0.39, 0.29) is 19.6 Å². The highest BCUT2D eigenvalue weighted by molar-refractivity contribution is 7.93. The first kappa shape index (κ1) is 30.2. The number of aliphatic hydroxyl groups excluding tert-OH is 2. The molecule has 11 nitrogen and oxygen atoms in total. The van der Waals surface area contributed by atoms with Crippen LogP contribution in [0.3, 0.4) is 0 Å². The molecule has 3 atom stereocenters. The number of nitrogens with zero attached hydrogens (tertiary/aromatic N) is 3. The SMILES string of the molecule is Cn1c(/C=C(\C#N)S(=O)(=O)NC[C@H]2OCC[C@@H](O)[C@@H]2O)ccc1-c1ccc2cc(NCCN3CCOCC3)ccc2c1. The Morgan fingerprint density at radius 3 is 2.64 bits per heavy atom. The van der Waals surface area contributed by atoms with Gasteiger partial charge in [-0.15, -0.1) is 0 Å². The van der Waals surface area contributed by atoms with Crippen LogP contribution in [0.15, 0.2) is 53.4 Å². The lowest BCUT2D eigenvalue weighted by molar-refractivity contribution is -0.131. The summed E-state index contributed by atoms with van der Waals surface area (Å²) in [7, 11) is -2.36. The van der Waals surface area contributed by atoms with Crippen molar-refractivity contribution in [3.63, 3.8) is 0 Å². The number of nitriles is 1. The van der Waals surface area contributed by atoms with Crippen molar-refractivity contribution >= 4 is 32.6 Å². The number of ether oxygens (including phenoxy) is 2. The maximum absolute atomic E-state index is 12.9. The third-order valence-electron chi connectivity index (χ3n) is 7.83. The van der Waals surface area contributed by atoms with Crippen LogP contribution in [0.5, 0.6) is 0 Å². The molecule has 2 aliphatic rings. The van der Waals surface area contributed by atoms with Gasteiger partial charge in [-0.05, 0) is 59.2 Å². The van der Waals surface area contributed by atoms with E-state index in [1.165, 1.54) is 6.08 Å². The Bertz CT molecular complexity index is 1570. The average molecular weight is 596 g/mol. The number of aromatic nitrogens is 1. The van der Waals surface area contributed by atoms with Gasteiger partial charge >= 0.3 is 0 Å². The smallest absolute Gasteiger partial charge is 0.250 e. The number of hydrogen-bond donors (Lipinski definition) is 4. The minimum atomic E-state index is -4.18. The first-order valence-electron chi connectivity index (χ1n) is 14.1. The zero-order valence-corrected chi connectivity index (χ0v) is 24.4. The normalized spacial score (nSPS) is 22.2. The molecule has 2 aromatic carbocycles. The molecule has 2 fully saturated rings. The monoisotopic (exact) mass is 595 g/mol. The quantitative estimate of drug-likeness (QED) is 0.258. The fourth-order valence-electron chi connectivity index (χ4n) is 5.27. The molecule has 0 amide bonds. The van der Waals surface area contributed by atoms with Crippen molar-refractivity contribution in [3.8, 4) is 17.3 Å². The third-order valence-corrected chi connectivity index (χ3v) is 9.17. The maximum atomic E-state index is 12.9. The Balaban J connectivity index is 1.26. The highest BCUT2D eigenvalue weighted by atomic mass is 32.2. The first-order valence-corrected chi connectivity index (χ1v) is 15.6. The Hall–Kier alpha value is -3.28. The number of nitrogens with one attached hydrogen (secondary N) is 2. The molecule has 42 heavy (non-hydrogen) atoms. The van der Waals surface area contributed by atoms with Gasteiger partial charge in [0.05, 0.1) is 25.4 Å². The maximum Gasteiger partial charge on any atom is 0.250 e. The molecule has 3 heterocycles. The molecule has 5 rings (SSSR count). The van der Waals surface area contributed by atoms with Gasteiger partial charge in [0.2, 0.25) is 0 Å². The number of morpholine rings is 1. The molecule has 2 aliphatic heterocycles. The number of anilines is 1. The number of fused-ring (bicyclic) bond motifs is 1. The van der Waals surface area contributed by atoms with Gasteiger partial charge in [-0.1, -0.05) is 18.2 Å². The molecule has 1 aromatic heterocycles. The average Bonchev–Trinajstić information content (AvgIpc) is 3.36. The van der Waals surface area contributed by atoms with Gasteiger partial charge < -0.3 is 29.6 Å². The fourth-order valence-corrected chi connectivity index (χ4v) is 6.21. The topological polar surface area (TPSA) is 149 Å². The van der Waals surface area contributed by atoms with E-state index in [1.54, 1.807) is 12.1 Å². The summed E-state index contributed by atoms with van der Waals surface area (Å²) >= 11 is 0. The Labute approximate surface area is 246 Å². The van der Waals surface area contributed by atoms with Crippen LogP contribution < -0.4 is 10.0 Å². The summed E-state index contributed by atoms with van der Waals surface area (Å²) in [4.78, 5) is 1.93. The van der Waals surface area contributed by atoms with E-state index in [2.05, 4.69) is 45.3 Å². The minimum absolute atomic E-state index is 0.208. The van der Waals surface area contributed by atoms with Gasteiger partial charge in [-0.25, -0.2) is 13.1 Å². The van der Waals surface area contributed by atoms with E-state index in [1.807, 2.05) is 23.7 Å². The van der Waals surface area contributed by atoms with Gasteiger partial charge in [0.15, 0.2) is 4.91 Å². The Kier molecular flexibility index (Phi) is 9.60. The number of aliphatic hydroxyl groups is 2. The van der Waals surface area contributed by atoms with E-state index >= 15 is 0 Å². The van der Waals surface area contributed by atoms with E-state index in [9.17, 15) is 23.9 Å². The molecule has 224 valence electrons. The zero-order valence-electron chi connectivity index (χ0n) is 23.6. The lowest BCUT2D eigenvalue weighted by Crippen LogP contribution is -2.49. The van der Waals surface area contributed by atoms with Crippen LogP contribution in [0.2, 0.25) is 0 Å². The van der Waals surface area contributed by atoms with Crippen LogP contribution in [0.1, 0.15) is 12.1 Å². The highest BCUT2D eigenvalue weighted by Crippen LogP contribution is 2.28. The van der Waals surface area contributed by atoms with Crippen LogP contribution in [0, 0.1) is 11.3 Å². The lowest BCUT2D eigenvalue weighted by Gasteiger charge is -2.31. The first-order chi connectivity index (χ1) is 20.2. The molecule has 0 radical (unpaired) electrons. The molecular weight excluding hydrogens is 558 g/mol. The summed E-state index contributed by atoms with van der Waals surface area (Å²) < 4.78 is 40.7. The number of rotatable bonds is 10. The molecule has 0 bridgehead atoms. The summed E-state index contributed by atoms with van der Waals surface area (Å²) in [5.74, 6) is 0. The molecule has 0 aliphatic carbocycles. The van der Waals surface area contributed by atoms with E-state index < -0.39 is 33.2 Å². The second kappa shape index (κ2) is 13.4. The van der Waals surface area contributed by atoms with E-state index in [0.29, 0.717) is 5.69 Å². The van der Waals surface area contributed by atoms with Crippen LogP contribution in [-0.2, 0) is 26.5 Å². The van der Waals surface area contributed by atoms with Crippen molar-refractivity contribution in [1.82, 2.24) is 14.2 Å². The van der Waals surface area contributed by atoms with Crippen LogP contribution in [0.25, 0.3) is 28.1 Å². The third kappa shape index (κ3) is 7.02. The Morgan fingerprint density at radius 1 is 1.10 bits per heavy atom. The number of benzene rings is 2. The molecule has 12 heteroatoms. The summed E-state index contributed by atoms with van der Waals surface area (Å²) in [5, 5.41) is 35.2. The summed E-state index contributed by atoms with van der Waals surface area (Å²) in [6, 6.07) is 17.9. The minimum Gasteiger partial charge on any atom is -0.390 e. The largest absolute Gasteiger partial charge is 0.390 e. The molecule has 3 aromatic rings. The van der Waals surface area contributed by atoms with Crippen molar-refractivity contribution < 1.29 is 28.1 Å². The second-order valence-electron chi connectivity index (χ2n) is 10.6. The van der Waals surface area contributed by atoms with Crippen molar-refractivity contribution in [1.29, 1.82) is 5.26 Å². The molecular formula is C30H37N5O6S. The standard InChI is InChI=1S/C30H37N5O6S/c1-34-25(18-26(19-31)42(38,39)33-20-29-30(37)28(36)8-13-41-29)6-7-27(34)23-3-2-22-17-24(5-4-21(22)16-23)32-9-10-35-11-14-40-15-12-35/h2-7,16-18,28-30,32-33,36-37H,8-15,20H2,1H3/b26-18+/t28-,29-,30+/m1/s1. The van der Waals surface area contributed by atoms with Gasteiger partial charge in [-0.3, -0.25) is 4.90 Å². The summed E-state index contributed by atoms with van der Waals surface area (Å²) in [5.41, 5.74) is 3.43. The molecule has 0 saturated carbocycles. The van der Waals surface area contributed by atoms with Gasteiger partial charge in [-0.2, -0.15) is 5.26 Å². The number of sulfonamides is 1. The van der Waals surface area contributed by atoms with E-state index in [4.69, 9.17) is 9.47 Å². The highest BCUT2D eigenvalue weighted by Gasteiger charge is 2.32.